The molecule has 0 aliphatic rings. The van der Waals surface area contributed by atoms with E-state index in [2.05, 4.69) is 0 Å². The number of aryl methyl sites for hydroxylation is 1. The van der Waals surface area contributed by atoms with Crippen LogP contribution in [0.15, 0.2) is 18.2 Å². The Morgan fingerprint density at radius 1 is 1.53 bits per heavy atom. The first-order valence-corrected chi connectivity index (χ1v) is 6.37. The second-order valence-electron chi connectivity index (χ2n) is 3.22. The van der Waals surface area contributed by atoms with Gasteiger partial charge in [0.2, 0.25) is 0 Å². The molecule has 0 fully saturated rings. The number of halogens is 1. The number of nitrogens with two attached hydrogens (primary N) is 1. The molecule has 1 aromatic carbocycles. The molecule has 0 aliphatic heterocycles. The third kappa shape index (κ3) is 4.64. The average molecular weight is 248 g/mol. The summed E-state index contributed by atoms with van der Waals surface area (Å²) in [5, 5.41) is 5.71. The Balaban J connectivity index is 2.43. The van der Waals surface area contributed by atoms with Gasteiger partial charge in [0.15, 0.2) is 0 Å². The molecule has 0 heterocycles. The zero-order valence-electron chi connectivity index (χ0n) is 8.53. The summed E-state index contributed by atoms with van der Waals surface area (Å²) in [6.45, 7) is 2.45. The molecule has 5 heteroatoms. The van der Waals surface area contributed by atoms with Crippen LogP contribution in [0.25, 0.3) is 0 Å². The molecule has 1 unspecified atom stereocenters. The van der Waals surface area contributed by atoms with Crippen molar-refractivity contribution in [2.45, 2.75) is 13.3 Å². The number of hydrogen-bond donors (Lipinski definition) is 1. The van der Waals surface area contributed by atoms with Crippen LogP contribution in [0.5, 0.6) is 5.75 Å². The van der Waals surface area contributed by atoms with E-state index in [-0.39, 0.29) is 0 Å². The van der Waals surface area contributed by atoms with Gasteiger partial charge in [0.05, 0.1) is 22.6 Å². The van der Waals surface area contributed by atoms with E-state index >= 15 is 0 Å². The minimum Gasteiger partial charge on any atom is -0.492 e. The zero-order valence-corrected chi connectivity index (χ0v) is 10.1. The van der Waals surface area contributed by atoms with E-state index in [1.807, 2.05) is 19.1 Å². The summed E-state index contributed by atoms with van der Waals surface area (Å²) in [6, 6.07) is 5.60. The third-order valence-electron chi connectivity index (χ3n) is 1.83. The normalized spacial score (nSPS) is 12.5. The Labute approximate surface area is 97.2 Å². The second kappa shape index (κ2) is 6.10. The van der Waals surface area contributed by atoms with E-state index in [0.717, 1.165) is 5.56 Å². The van der Waals surface area contributed by atoms with Crippen LogP contribution in [0, 0.1) is 6.92 Å². The SMILES string of the molecule is Cc1ccc(Cl)c(OCCCS(N)=O)c1. The lowest BCUT2D eigenvalue weighted by Gasteiger charge is -2.07. The van der Waals surface area contributed by atoms with Gasteiger partial charge >= 0.3 is 0 Å². The summed E-state index contributed by atoms with van der Waals surface area (Å²) in [5.74, 6) is 1.11. The maximum atomic E-state index is 10.6. The topological polar surface area (TPSA) is 52.3 Å². The van der Waals surface area contributed by atoms with Crippen molar-refractivity contribution in [1.29, 1.82) is 0 Å². The van der Waals surface area contributed by atoms with Gasteiger partial charge in [-0.05, 0) is 31.0 Å². The lowest BCUT2D eigenvalue weighted by Crippen LogP contribution is -2.10. The highest BCUT2D eigenvalue weighted by molar-refractivity contribution is 7.82. The molecular weight excluding hydrogens is 234 g/mol. The lowest BCUT2D eigenvalue weighted by atomic mass is 10.2. The van der Waals surface area contributed by atoms with E-state index < -0.39 is 11.0 Å². The fourth-order valence-electron chi connectivity index (χ4n) is 1.10. The number of rotatable bonds is 5. The fraction of sp³-hybridized carbons (Fsp3) is 0.400. The minimum absolute atomic E-state index is 0.448. The highest BCUT2D eigenvalue weighted by Gasteiger charge is 2.01. The largest absolute Gasteiger partial charge is 0.492 e. The number of ether oxygens (including phenoxy) is 1. The van der Waals surface area contributed by atoms with Crippen LogP contribution in [0.3, 0.4) is 0 Å². The van der Waals surface area contributed by atoms with Crippen molar-refractivity contribution < 1.29 is 8.95 Å². The van der Waals surface area contributed by atoms with Gasteiger partial charge in [0.25, 0.3) is 0 Å². The van der Waals surface area contributed by atoms with Crippen molar-refractivity contribution in [2.24, 2.45) is 5.14 Å². The summed E-state index contributed by atoms with van der Waals surface area (Å²) in [7, 11) is -1.25. The summed E-state index contributed by atoms with van der Waals surface area (Å²) in [6.07, 6.45) is 0.660. The molecule has 0 saturated heterocycles. The maximum absolute atomic E-state index is 10.6. The van der Waals surface area contributed by atoms with Crippen molar-refractivity contribution in [1.82, 2.24) is 0 Å². The van der Waals surface area contributed by atoms with Crippen molar-refractivity contribution in [3.8, 4) is 5.75 Å². The molecule has 1 rings (SSSR count). The lowest BCUT2D eigenvalue weighted by molar-refractivity contribution is 0.318. The number of benzene rings is 1. The molecule has 0 aromatic heterocycles. The van der Waals surface area contributed by atoms with Gasteiger partial charge in [0, 0.05) is 5.75 Å². The van der Waals surface area contributed by atoms with Gasteiger partial charge < -0.3 is 4.74 Å². The zero-order chi connectivity index (χ0) is 11.3. The molecule has 2 N–H and O–H groups in total. The molecule has 0 radical (unpaired) electrons. The van der Waals surface area contributed by atoms with Gasteiger partial charge in [-0.25, -0.2) is 4.21 Å². The van der Waals surface area contributed by atoms with E-state index in [1.54, 1.807) is 6.07 Å². The molecule has 15 heavy (non-hydrogen) atoms. The number of hydrogen-bond acceptors (Lipinski definition) is 2. The Hall–Kier alpha value is -0.580. The van der Waals surface area contributed by atoms with Crippen LogP contribution < -0.4 is 9.88 Å². The quantitative estimate of drug-likeness (QED) is 0.810. The molecule has 0 saturated carbocycles. The first-order valence-electron chi connectivity index (χ1n) is 4.61. The van der Waals surface area contributed by atoms with Gasteiger partial charge in [-0.1, -0.05) is 17.7 Å². The Morgan fingerprint density at radius 3 is 2.93 bits per heavy atom. The summed E-state index contributed by atoms with van der Waals surface area (Å²) in [4.78, 5) is 0. The van der Waals surface area contributed by atoms with Gasteiger partial charge in [-0.3, -0.25) is 5.14 Å². The summed E-state index contributed by atoms with van der Waals surface area (Å²) >= 11 is 5.93. The molecular formula is C10H14ClNO2S. The molecule has 3 nitrogen and oxygen atoms in total. The molecule has 0 spiro atoms. The minimum atomic E-state index is -1.25. The van der Waals surface area contributed by atoms with Crippen LogP contribution in [-0.2, 0) is 11.0 Å². The standard InChI is InChI=1S/C10H14ClNO2S/c1-8-3-4-9(11)10(7-8)14-5-2-6-15(12)13/h3-4,7H,2,5-6,12H2,1H3. The van der Waals surface area contributed by atoms with E-state index in [4.69, 9.17) is 21.5 Å². The highest BCUT2D eigenvalue weighted by Crippen LogP contribution is 2.25. The Bertz CT molecular complexity index is 357. The molecule has 1 atom stereocenters. The first kappa shape index (κ1) is 12.5. The third-order valence-corrected chi connectivity index (χ3v) is 2.84. The monoisotopic (exact) mass is 247 g/mol. The van der Waals surface area contributed by atoms with E-state index in [1.165, 1.54) is 0 Å². The van der Waals surface area contributed by atoms with Crippen LogP contribution in [-0.4, -0.2) is 16.6 Å². The average Bonchev–Trinajstić information content (AvgIpc) is 2.17. The molecule has 1 aromatic rings. The van der Waals surface area contributed by atoms with Crippen molar-refractivity contribution >= 4 is 22.6 Å². The van der Waals surface area contributed by atoms with Crippen molar-refractivity contribution in [3.05, 3.63) is 28.8 Å². The van der Waals surface area contributed by atoms with Crippen LogP contribution in [0.2, 0.25) is 5.02 Å². The van der Waals surface area contributed by atoms with E-state index in [0.29, 0.717) is 29.6 Å². The van der Waals surface area contributed by atoms with Gasteiger partial charge in [-0.2, -0.15) is 0 Å². The maximum Gasteiger partial charge on any atom is 0.138 e. The second-order valence-corrected chi connectivity index (χ2v) is 4.80. The van der Waals surface area contributed by atoms with Gasteiger partial charge in [0.1, 0.15) is 5.75 Å². The predicted octanol–water partition coefficient (Wildman–Crippen LogP) is 2.04. The molecule has 0 aliphatic carbocycles. The first-order chi connectivity index (χ1) is 7.09. The molecule has 0 amide bonds. The van der Waals surface area contributed by atoms with Crippen LogP contribution in [0.1, 0.15) is 12.0 Å². The molecule has 84 valence electrons. The predicted molar refractivity (Wildman–Crippen MR) is 63.5 cm³/mol. The summed E-state index contributed by atoms with van der Waals surface area (Å²) in [5.41, 5.74) is 1.09. The van der Waals surface area contributed by atoms with E-state index in [9.17, 15) is 4.21 Å². The van der Waals surface area contributed by atoms with Crippen LogP contribution in [0.4, 0.5) is 0 Å². The van der Waals surface area contributed by atoms with Crippen LogP contribution >= 0.6 is 11.6 Å². The van der Waals surface area contributed by atoms with Gasteiger partial charge in [-0.15, -0.1) is 0 Å². The Kier molecular flexibility index (Phi) is 5.08. The Morgan fingerprint density at radius 2 is 2.27 bits per heavy atom. The smallest absolute Gasteiger partial charge is 0.138 e. The highest BCUT2D eigenvalue weighted by atomic mass is 35.5. The fourth-order valence-corrected chi connectivity index (χ4v) is 1.68. The van der Waals surface area contributed by atoms with Crippen molar-refractivity contribution in [3.63, 3.8) is 0 Å². The van der Waals surface area contributed by atoms with Crippen molar-refractivity contribution in [2.75, 3.05) is 12.4 Å². The summed E-state index contributed by atoms with van der Waals surface area (Å²) < 4.78 is 16.0. The molecule has 0 bridgehead atoms.